The first-order valence-corrected chi connectivity index (χ1v) is 12.0. The number of nitrogens with zero attached hydrogens (tertiary/aromatic N) is 1. The minimum atomic E-state index is -3.95. The van der Waals surface area contributed by atoms with Gasteiger partial charge in [-0.15, -0.1) is 0 Å². The molecule has 1 aliphatic heterocycles. The number of aryl methyl sites for hydroxylation is 1. The van der Waals surface area contributed by atoms with E-state index >= 15 is 0 Å². The molecule has 1 aliphatic rings. The zero-order chi connectivity index (χ0) is 23.0. The maximum absolute atomic E-state index is 14.0. The van der Waals surface area contributed by atoms with E-state index in [9.17, 15) is 13.2 Å². The highest BCUT2D eigenvalue weighted by Crippen LogP contribution is 2.46. The molecule has 3 rings (SSSR count). The molecular weight excluding hydrogens is 434 g/mol. The van der Waals surface area contributed by atoms with Gasteiger partial charge in [0.15, 0.2) is 0 Å². The van der Waals surface area contributed by atoms with Crippen molar-refractivity contribution in [3.05, 3.63) is 76.3 Å². The number of esters is 1. The minimum absolute atomic E-state index is 0.203. The second-order valence-corrected chi connectivity index (χ2v) is 11.0. The third kappa shape index (κ3) is 4.56. The van der Waals surface area contributed by atoms with Crippen LogP contribution < -0.4 is 0 Å². The van der Waals surface area contributed by atoms with E-state index in [0.29, 0.717) is 21.7 Å². The lowest BCUT2D eigenvalue weighted by Gasteiger charge is -2.37. The van der Waals surface area contributed by atoms with Crippen LogP contribution >= 0.6 is 11.6 Å². The molecule has 0 amide bonds. The Morgan fingerprint density at radius 1 is 1.10 bits per heavy atom. The number of hydrogen-bond donors (Lipinski definition) is 0. The van der Waals surface area contributed by atoms with Gasteiger partial charge in [0, 0.05) is 11.1 Å². The Morgan fingerprint density at radius 2 is 1.71 bits per heavy atom. The summed E-state index contributed by atoms with van der Waals surface area (Å²) in [6.07, 6.45) is 1.74. The molecule has 2 aromatic carbocycles. The van der Waals surface area contributed by atoms with Crippen LogP contribution in [0.3, 0.4) is 0 Å². The molecule has 0 saturated heterocycles. The molecule has 2 aromatic rings. The van der Waals surface area contributed by atoms with Gasteiger partial charge in [0.25, 0.3) is 0 Å². The molecule has 0 fully saturated rings. The quantitative estimate of drug-likeness (QED) is 0.567. The summed E-state index contributed by atoms with van der Waals surface area (Å²) >= 11 is 6.07. The molecule has 1 unspecified atom stereocenters. The maximum atomic E-state index is 14.0. The average Bonchev–Trinajstić information content (AvgIpc) is 3.11. The number of rotatable bonds is 5. The van der Waals surface area contributed by atoms with E-state index in [1.54, 1.807) is 68.5 Å². The number of carbonyl (C=O) groups excluding carboxylic acids is 1. The Bertz CT molecular complexity index is 1100. The van der Waals surface area contributed by atoms with Gasteiger partial charge in [-0.25, -0.2) is 13.2 Å². The van der Waals surface area contributed by atoms with Crippen molar-refractivity contribution in [3.8, 4) is 0 Å². The average molecular weight is 462 g/mol. The number of sulfonamides is 1. The fourth-order valence-electron chi connectivity index (χ4n) is 3.88. The second-order valence-electron chi connectivity index (χ2n) is 8.71. The van der Waals surface area contributed by atoms with E-state index in [1.165, 1.54) is 4.31 Å². The molecule has 2 atom stereocenters. The van der Waals surface area contributed by atoms with Crippen molar-refractivity contribution in [2.75, 3.05) is 6.61 Å². The molecule has 0 N–H and O–H groups in total. The lowest BCUT2D eigenvalue weighted by Crippen LogP contribution is -2.45. The maximum Gasteiger partial charge on any atom is 0.335 e. The Kier molecular flexibility index (Phi) is 6.65. The van der Waals surface area contributed by atoms with E-state index in [4.69, 9.17) is 16.3 Å². The van der Waals surface area contributed by atoms with Gasteiger partial charge in [-0.3, -0.25) is 0 Å². The third-order valence-electron chi connectivity index (χ3n) is 5.39. The highest BCUT2D eigenvalue weighted by atomic mass is 35.5. The summed E-state index contributed by atoms with van der Waals surface area (Å²) in [5.74, 6) is -0.515. The van der Waals surface area contributed by atoms with Crippen LogP contribution in [0.25, 0.3) is 0 Å². The fraction of sp³-hybridized carbons (Fsp3) is 0.375. The van der Waals surface area contributed by atoms with Crippen molar-refractivity contribution < 1.29 is 17.9 Å². The van der Waals surface area contributed by atoms with E-state index in [-0.39, 0.29) is 11.5 Å². The summed E-state index contributed by atoms with van der Waals surface area (Å²) in [6, 6.07) is 12.4. The first-order valence-electron chi connectivity index (χ1n) is 10.2. The van der Waals surface area contributed by atoms with Crippen LogP contribution in [0.2, 0.25) is 5.02 Å². The van der Waals surface area contributed by atoms with Crippen molar-refractivity contribution in [2.45, 2.75) is 51.6 Å². The highest BCUT2D eigenvalue weighted by molar-refractivity contribution is 7.89. The molecule has 0 radical (unpaired) electrons. The predicted octanol–water partition coefficient (Wildman–Crippen LogP) is 5.30. The normalized spacial score (nSPS) is 19.9. The van der Waals surface area contributed by atoms with Gasteiger partial charge in [0.1, 0.15) is 0 Å². The number of hydrogen-bond acceptors (Lipinski definition) is 4. The van der Waals surface area contributed by atoms with Gasteiger partial charge in [-0.1, -0.05) is 68.8 Å². The zero-order valence-corrected chi connectivity index (χ0v) is 20.0. The Balaban J connectivity index is 2.26. The number of carbonyl (C=O) groups is 1. The standard InChI is InChI=1S/C24H28ClNO4S/c1-6-30-23(27)19-15-21(24(3,4)5)26(22(19)17-11-13-18(25)14-12-17)31(28,29)20-10-8-7-9-16(20)2/h7-15,21-22H,6H2,1-5H3/t21?,22-/m0/s1. The molecule has 0 bridgehead atoms. The van der Waals surface area contributed by atoms with E-state index in [1.807, 2.05) is 20.8 Å². The van der Waals surface area contributed by atoms with Crippen LogP contribution in [0.5, 0.6) is 0 Å². The Labute approximate surface area is 189 Å². The van der Waals surface area contributed by atoms with Crippen LogP contribution in [0, 0.1) is 12.3 Å². The van der Waals surface area contributed by atoms with Crippen molar-refractivity contribution in [3.63, 3.8) is 0 Å². The molecular formula is C24H28ClNO4S. The summed E-state index contributed by atoms with van der Waals surface area (Å²) in [5.41, 5.74) is 1.16. The summed E-state index contributed by atoms with van der Waals surface area (Å²) in [5, 5.41) is 0.532. The van der Waals surface area contributed by atoms with Gasteiger partial charge in [-0.2, -0.15) is 4.31 Å². The lowest BCUT2D eigenvalue weighted by molar-refractivity contribution is -0.138. The van der Waals surface area contributed by atoms with Gasteiger partial charge in [0.05, 0.1) is 23.1 Å². The van der Waals surface area contributed by atoms with E-state index in [0.717, 1.165) is 0 Å². The summed E-state index contributed by atoms with van der Waals surface area (Å²) in [6.45, 7) is 9.58. The largest absolute Gasteiger partial charge is 0.463 e. The second kappa shape index (κ2) is 8.77. The van der Waals surface area contributed by atoms with Crippen LogP contribution in [0.15, 0.2) is 65.1 Å². The summed E-state index contributed by atoms with van der Waals surface area (Å²) in [4.78, 5) is 13.1. The van der Waals surface area contributed by atoms with Gasteiger partial charge < -0.3 is 4.74 Å². The van der Waals surface area contributed by atoms with Gasteiger partial charge >= 0.3 is 5.97 Å². The fourth-order valence-corrected chi connectivity index (χ4v) is 6.14. The SMILES string of the molecule is CCOC(=O)C1=CC(C(C)(C)C)N(S(=O)(=O)c2ccccc2C)[C@H]1c1ccc(Cl)cc1. The van der Waals surface area contributed by atoms with Crippen molar-refractivity contribution in [1.82, 2.24) is 4.31 Å². The smallest absolute Gasteiger partial charge is 0.335 e. The summed E-state index contributed by atoms with van der Waals surface area (Å²) < 4.78 is 34.8. The van der Waals surface area contributed by atoms with Gasteiger partial charge in [-0.05, 0) is 48.6 Å². The molecule has 0 aliphatic carbocycles. The van der Waals surface area contributed by atoms with E-state index in [2.05, 4.69) is 0 Å². The molecule has 7 heteroatoms. The topological polar surface area (TPSA) is 63.7 Å². The van der Waals surface area contributed by atoms with Crippen molar-refractivity contribution in [2.24, 2.45) is 5.41 Å². The van der Waals surface area contributed by atoms with Crippen LogP contribution in [0.4, 0.5) is 0 Å². The predicted molar refractivity (Wildman–Crippen MR) is 122 cm³/mol. The Hall–Kier alpha value is -2.15. The molecule has 1 heterocycles. The molecule has 0 spiro atoms. The minimum Gasteiger partial charge on any atom is -0.463 e. The number of ether oxygens (including phenoxy) is 1. The lowest BCUT2D eigenvalue weighted by atomic mass is 9.87. The first-order chi connectivity index (χ1) is 14.5. The van der Waals surface area contributed by atoms with Crippen LogP contribution in [0.1, 0.15) is 44.9 Å². The third-order valence-corrected chi connectivity index (χ3v) is 7.65. The Morgan fingerprint density at radius 3 is 2.26 bits per heavy atom. The molecule has 31 heavy (non-hydrogen) atoms. The highest BCUT2D eigenvalue weighted by Gasteiger charge is 2.50. The van der Waals surface area contributed by atoms with Crippen LogP contribution in [-0.4, -0.2) is 31.3 Å². The monoisotopic (exact) mass is 461 g/mol. The number of halogens is 1. The van der Waals surface area contributed by atoms with Gasteiger partial charge in [0.2, 0.25) is 10.0 Å². The zero-order valence-electron chi connectivity index (χ0n) is 18.4. The molecule has 166 valence electrons. The molecule has 0 aromatic heterocycles. The van der Waals surface area contributed by atoms with Crippen molar-refractivity contribution >= 4 is 27.6 Å². The summed E-state index contributed by atoms with van der Waals surface area (Å²) in [7, 11) is -3.95. The molecule has 0 saturated carbocycles. The number of benzene rings is 2. The molecule has 5 nitrogen and oxygen atoms in total. The first kappa shape index (κ1) is 23.5. The van der Waals surface area contributed by atoms with E-state index < -0.39 is 33.5 Å². The van der Waals surface area contributed by atoms with Crippen molar-refractivity contribution in [1.29, 1.82) is 0 Å². The van der Waals surface area contributed by atoms with Crippen LogP contribution in [-0.2, 0) is 19.6 Å².